The number of rotatable bonds is 7. The molecule has 0 aliphatic carbocycles. The molecule has 35 heavy (non-hydrogen) atoms. The molecule has 1 fully saturated rings. The number of aryl methyl sites for hydroxylation is 2. The van der Waals surface area contributed by atoms with Crippen LogP contribution in [0.1, 0.15) is 22.5 Å². The molecule has 182 valence electrons. The highest BCUT2D eigenvalue weighted by molar-refractivity contribution is 5.86. The van der Waals surface area contributed by atoms with Gasteiger partial charge in [-0.2, -0.15) is 10.2 Å². The van der Waals surface area contributed by atoms with Gasteiger partial charge in [-0.1, -0.05) is 30.3 Å². The minimum absolute atomic E-state index is 0.0322. The molecular formula is C25H31N9O. The molecule has 10 nitrogen and oxygen atoms in total. The van der Waals surface area contributed by atoms with Gasteiger partial charge in [0.05, 0.1) is 30.4 Å². The highest BCUT2D eigenvalue weighted by Gasteiger charge is 2.22. The molecule has 1 aliphatic rings. The van der Waals surface area contributed by atoms with Crippen LogP contribution in [0.15, 0.2) is 42.9 Å². The van der Waals surface area contributed by atoms with Gasteiger partial charge in [-0.25, -0.2) is 9.97 Å². The van der Waals surface area contributed by atoms with Gasteiger partial charge < -0.3 is 10.2 Å². The first kappa shape index (κ1) is 23.0. The van der Waals surface area contributed by atoms with Gasteiger partial charge in [0.1, 0.15) is 12.1 Å². The van der Waals surface area contributed by atoms with Crippen LogP contribution in [0.3, 0.4) is 0 Å². The summed E-state index contributed by atoms with van der Waals surface area (Å²) in [5, 5.41) is 13.1. The summed E-state index contributed by atoms with van der Waals surface area (Å²) in [6.45, 7) is 8.87. The van der Waals surface area contributed by atoms with Crippen LogP contribution in [0.4, 0.5) is 5.82 Å². The van der Waals surface area contributed by atoms with Crippen molar-refractivity contribution in [1.82, 2.24) is 39.7 Å². The smallest absolute Gasteiger partial charge is 0.234 e. The summed E-state index contributed by atoms with van der Waals surface area (Å²) in [6.07, 6.45) is 3.40. The molecule has 0 radical (unpaired) electrons. The van der Waals surface area contributed by atoms with Crippen LogP contribution in [0.25, 0.3) is 11.0 Å². The van der Waals surface area contributed by atoms with E-state index >= 15 is 0 Å². The lowest BCUT2D eigenvalue weighted by molar-refractivity contribution is -0.122. The highest BCUT2D eigenvalue weighted by Crippen LogP contribution is 2.23. The lowest BCUT2D eigenvalue weighted by atomic mass is 10.2. The van der Waals surface area contributed by atoms with E-state index in [1.165, 1.54) is 5.56 Å². The first-order valence-electron chi connectivity index (χ1n) is 11.9. The minimum Gasteiger partial charge on any atom is -0.353 e. The third-order valence-corrected chi connectivity index (χ3v) is 6.72. The number of hydrogen-bond donors (Lipinski definition) is 1. The van der Waals surface area contributed by atoms with E-state index in [9.17, 15) is 4.79 Å². The van der Waals surface area contributed by atoms with Crippen molar-refractivity contribution in [3.05, 3.63) is 65.4 Å². The van der Waals surface area contributed by atoms with Crippen molar-refractivity contribution >= 4 is 22.8 Å². The maximum absolute atomic E-state index is 12.7. The van der Waals surface area contributed by atoms with Gasteiger partial charge in [0.15, 0.2) is 5.65 Å². The number of hydrogen-bond acceptors (Lipinski definition) is 7. The zero-order chi connectivity index (χ0) is 24.4. The van der Waals surface area contributed by atoms with Crippen LogP contribution >= 0.6 is 0 Å². The molecule has 0 unspecified atom stereocenters. The Morgan fingerprint density at radius 3 is 2.60 bits per heavy atom. The van der Waals surface area contributed by atoms with Gasteiger partial charge in [-0.05, 0) is 19.4 Å². The second kappa shape index (κ2) is 9.83. The van der Waals surface area contributed by atoms with Crippen molar-refractivity contribution in [2.24, 2.45) is 7.05 Å². The molecule has 1 N–H and O–H groups in total. The summed E-state index contributed by atoms with van der Waals surface area (Å²) >= 11 is 0. The van der Waals surface area contributed by atoms with Gasteiger partial charge in [0.2, 0.25) is 5.91 Å². The minimum atomic E-state index is 0.0322. The lowest BCUT2D eigenvalue weighted by Gasteiger charge is -2.35. The molecular weight excluding hydrogens is 442 g/mol. The van der Waals surface area contributed by atoms with Crippen LogP contribution in [-0.4, -0.2) is 73.1 Å². The second-order valence-electron chi connectivity index (χ2n) is 9.04. The Bertz CT molecular complexity index is 1320. The maximum atomic E-state index is 12.7. The summed E-state index contributed by atoms with van der Waals surface area (Å²) in [7, 11) is 1.88. The summed E-state index contributed by atoms with van der Waals surface area (Å²) in [6, 6.07) is 10.3. The SMILES string of the molecule is Cc1nn(Cc2ccccc2)c(C)c1CNC(=O)CN1CCN(c2ncnc3c2cnn3C)CC1. The Balaban J connectivity index is 1.13. The lowest BCUT2D eigenvalue weighted by Crippen LogP contribution is -2.49. The van der Waals surface area contributed by atoms with Crippen LogP contribution in [0, 0.1) is 13.8 Å². The number of nitrogens with one attached hydrogen (secondary N) is 1. The Labute approximate surface area is 204 Å². The van der Waals surface area contributed by atoms with Crippen LogP contribution in [0.2, 0.25) is 0 Å². The monoisotopic (exact) mass is 473 g/mol. The maximum Gasteiger partial charge on any atom is 0.234 e. The molecule has 1 aliphatic heterocycles. The predicted octanol–water partition coefficient (Wildman–Crippen LogP) is 1.66. The Kier molecular flexibility index (Phi) is 6.45. The normalized spacial score (nSPS) is 14.5. The van der Waals surface area contributed by atoms with Gasteiger partial charge in [-0.15, -0.1) is 0 Å². The molecule has 0 spiro atoms. The van der Waals surface area contributed by atoms with Crippen LogP contribution in [-0.2, 0) is 24.9 Å². The van der Waals surface area contributed by atoms with Crippen molar-refractivity contribution in [3.63, 3.8) is 0 Å². The topological polar surface area (TPSA) is 97.0 Å². The largest absolute Gasteiger partial charge is 0.353 e. The molecule has 1 aromatic carbocycles. The fourth-order valence-corrected chi connectivity index (χ4v) is 4.67. The molecule has 0 atom stereocenters. The molecule has 10 heteroatoms. The molecule has 1 amide bonds. The Hall–Kier alpha value is -3.79. The third kappa shape index (κ3) is 4.88. The number of fused-ring (bicyclic) bond motifs is 1. The van der Waals surface area contributed by atoms with Crippen LogP contribution < -0.4 is 10.2 Å². The van der Waals surface area contributed by atoms with E-state index in [0.717, 1.165) is 66.5 Å². The molecule has 0 saturated carbocycles. The number of piperazine rings is 1. The van der Waals surface area contributed by atoms with Gasteiger partial charge in [0.25, 0.3) is 0 Å². The number of nitrogens with zero attached hydrogens (tertiary/aromatic N) is 8. The summed E-state index contributed by atoms with van der Waals surface area (Å²) in [5.74, 6) is 0.940. The Morgan fingerprint density at radius 1 is 1.06 bits per heavy atom. The van der Waals surface area contributed by atoms with E-state index in [1.54, 1.807) is 11.0 Å². The zero-order valence-electron chi connectivity index (χ0n) is 20.5. The standard InChI is InChI=1S/C25H31N9O/c1-18-21(19(2)34(30-18)15-20-7-5-4-6-8-20)13-26-23(35)16-32-9-11-33(12-10-32)25-22-14-29-31(3)24(22)27-17-28-25/h4-8,14,17H,9-13,15-16H2,1-3H3,(H,26,35). The van der Waals surface area contributed by atoms with Crippen LogP contribution in [0.5, 0.6) is 0 Å². The average molecular weight is 474 g/mol. The van der Waals surface area contributed by atoms with Crippen molar-refractivity contribution in [2.75, 3.05) is 37.6 Å². The van der Waals surface area contributed by atoms with E-state index < -0.39 is 0 Å². The molecule has 1 saturated heterocycles. The van der Waals surface area contributed by atoms with Crippen molar-refractivity contribution in [3.8, 4) is 0 Å². The first-order chi connectivity index (χ1) is 17.0. The molecule has 4 heterocycles. The second-order valence-corrected chi connectivity index (χ2v) is 9.04. The number of aromatic nitrogens is 6. The van der Waals surface area contributed by atoms with E-state index in [1.807, 2.05) is 43.0 Å². The number of anilines is 1. The van der Waals surface area contributed by atoms with E-state index in [-0.39, 0.29) is 5.91 Å². The quantitative estimate of drug-likeness (QED) is 0.436. The van der Waals surface area contributed by atoms with Gasteiger partial charge >= 0.3 is 0 Å². The predicted molar refractivity (Wildman–Crippen MR) is 134 cm³/mol. The first-order valence-corrected chi connectivity index (χ1v) is 11.9. The summed E-state index contributed by atoms with van der Waals surface area (Å²) in [4.78, 5) is 26.0. The van der Waals surface area contributed by atoms with Gasteiger partial charge in [-0.3, -0.25) is 19.1 Å². The van der Waals surface area contributed by atoms with Gasteiger partial charge in [0, 0.05) is 51.0 Å². The van der Waals surface area contributed by atoms with E-state index in [4.69, 9.17) is 5.10 Å². The molecule has 5 rings (SSSR count). The molecule has 0 bridgehead atoms. The number of carbonyl (C=O) groups excluding carboxylic acids is 1. The van der Waals surface area contributed by atoms with Crippen molar-refractivity contribution in [1.29, 1.82) is 0 Å². The number of benzene rings is 1. The van der Waals surface area contributed by atoms with E-state index in [0.29, 0.717) is 13.1 Å². The fraction of sp³-hybridized carbons (Fsp3) is 0.400. The van der Waals surface area contributed by atoms with Crippen molar-refractivity contribution < 1.29 is 4.79 Å². The third-order valence-electron chi connectivity index (χ3n) is 6.72. The summed E-state index contributed by atoms with van der Waals surface area (Å²) in [5.41, 5.74) is 5.17. The zero-order valence-corrected chi connectivity index (χ0v) is 20.5. The highest BCUT2D eigenvalue weighted by atomic mass is 16.2. The Morgan fingerprint density at radius 2 is 1.83 bits per heavy atom. The summed E-state index contributed by atoms with van der Waals surface area (Å²) < 4.78 is 3.77. The number of amides is 1. The van der Waals surface area contributed by atoms with Crippen molar-refractivity contribution in [2.45, 2.75) is 26.9 Å². The van der Waals surface area contributed by atoms with E-state index in [2.05, 4.69) is 49.2 Å². The molecule has 3 aromatic heterocycles. The average Bonchev–Trinajstić information content (AvgIpc) is 3.37. The number of carbonyl (C=O) groups is 1. The fourth-order valence-electron chi connectivity index (χ4n) is 4.67. The molecule has 4 aromatic rings.